The highest BCUT2D eigenvalue weighted by Gasteiger charge is 2.44. The molecule has 49 heavy (non-hydrogen) atoms. The number of fused-ring (bicyclic) bond motifs is 1. The van der Waals surface area contributed by atoms with E-state index in [1.54, 1.807) is 12.1 Å². The second kappa shape index (κ2) is 15.5. The molecule has 0 spiro atoms. The zero-order valence-electron chi connectivity index (χ0n) is 27.3. The Bertz CT molecular complexity index is 1800. The molecular weight excluding hydrogens is 714 g/mol. The van der Waals surface area contributed by atoms with Crippen molar-refractivity contribution in [2.45, 2.75) is 56.1 Å². The molecular formula is C36H40BrN3O8S. The Balaban J connectivity index is 1.17. The number of halogens is 1. The third-order valence-electron chi connectivity index (χ3n) is 8.65. The summed E-state index contributed by atoms with van der Waals surface area (Å²) in [6.45, 7) is 4.51. The predicted molar refractivity (Wildman–Crippen MR) is 186 cm³/mol. The van der Waals surface area contributed by atoms with Crippen LogP contribution < -0.4 is 5.32 Å². The maximum atomic E-state index is 14.0. The van der Waals surface area contributed by atoms with Gasteiger partial charge in [0.15, 0.2) is 6.29 Å². The Morgan fingerprint density at radius 3 is 2.45 bits per heavy atom. The van der Waals surface area contributed by atoms with Crippen LogP contribution in [0.25, 0.3) is 22.7 Å². The molecule has 3 heterocycles. The molecule has 2 saturated heterocycles. The number of carbonyl (C=O) groups is 1. The van der Waals surface area contributed by atoms with Gasteiger partial charge in [-0.2, -0.15) is 4.31 Å². The Morgan fingerprint density at radius 1 is 1.02 bits per heavy atom. The summed E-state index contributed by atoms with van der Waals surface area (Å²) >= 11 is 3.42. The first-order valence-corrected chi connectivity index (χ1v) is 18.5. The molecule has 0 bridgehead atoms. The van der Waals surface area contributed by atoms with E-state index in [1.807, 2.05) is 68.4 Å². The summed E-state index contributed by atoms with van der Waals surface area (Å²) in [6, 6.07) is 22.5. The number of carbonyl (C=O) groups excluding carboxylic acids is 1. The van der Waals surface area contributed by atoms with E-state index in [4.69, 9.17) is 18.6 Å². The number of rotatable bonds is 13. The Labute approximate surface area is 294 Å². The van der Waals surface area contributed by atoms with Crippen molar-refractivity contribution in [3.63, 3.8) is 0 Å². The fourth-order valence-corrected chi connectivity index (χ4v) is 8.00. The number of nitrogens with zero attached hydrogens (tertiary/aromatic N) is 2. The quantitative estimate of drug-likeness (QED) is 0.171. The van der Waals surface area contributed by atoms with E-state index in [2.05, 4.69) is 26.2 Å². The number of aliphatic hydroxyl groups excluding tert-OH is 1. The molecule has 5 atom stereocenters. The molecule has 4 aromatic rings. The van der Waals surface area contributed by atoms with Crippen molar-refractivity contribution >= 4 is 32.0 Å². The lowest BCUT2D eigenvalue weighted by Crippen LogP contribution is -2.51. The number of amides is 1. The van der Waals surface area contributed by atoms with Crippen molar-refractivity contribution < 1.29 is 36.9 Å². The zero-order valence-corrected chi connectivity index (χ0v) is 29.7. The minimum absolute atomic E-state index is 0.0390. The number of sulfonamides is 1. The first-order valence-electron chi connectivity index (χ1n) is 16.3. The van der Waals surface area contributed by atoms with Gasteiger partial charge in [-0.25, -0.2) is 18.2 Å². The molecule has 2 fully saturated rings. The third kappa shape index (κ3) is 8.59. The first-order chi connectivity index (χ1) is 23.6. The predicted octanol–water partition coefficient (Wildman–Crippen LogP) is 5.88. The molecule has 2 aliphatic rings. The van der Waals surface area contributed by atoms with Crippen LogP contribution in [-0.4, -0.2) is 79.7 Å². The van der Waals surface area contributed by atoms with Gasteiger partial charge in [0.25, 0.3) is 0 Å². The molecule has 1 aromatic heterocycles. The second-order valence-electron chi connectivity index (χ2n) is 12.8. The van der Waals surface area contributed by atoms with Crippen LogP contribution in [0.15, 0.2) is 98.9 Å². The van der Waals surface area contributed by atoms with E-state index < -0.39 is 34.4 Å². The summed E-state index contributed by atoms with van der Waals surface area (Å²) < 4.78 is 52.8. The summed E-state index contributed by atoms with van der Waals surface area (Å²) in [6.07, 6.45) is -0.274. The van der Waals surface area contributed by atoms with Gasteiger partial charge in [0, 0.05) is 28.7 Å². The minimum atomic E-state index is -4.04. The van der Waals surface area contributed by atoms with Gasteiger partial charge in [-0.3, -0.25) is 0 Å². The molecule has 2 N–H and O–H groups in total. The monoisotopic (exact) mass is 753 g/mol. The van der Waals surface area contributed by atoms with Gasteiger partial charge >= 0.3 is 6.09 Å². The molecule has 260 valence electrons. The topological polar surface area (TPSA) is 140 Å². The molecule has 11 nitrogen and oxygen atoms in total. The zero-order chi connectivity index (χ0) is 34.5. The lowest BCUT2D eigenvalue weighted by atomic mass is 10.0. The van der Waals surface area contributed by atoms with Crippen LogP contribution in [0, 0.1) is 11.8 Å². The first kappa shape index (κ1) is 35.2. The number of alkyl carbamates (subject to hydrolysis) is 1. The maximum absolute atomic E-state index is 14.0. The van der Waals surface area contributed by atoms with Crippen molar-refractivity contribution in [3.05, 3.63) is 95.2 Å². The average Bonchev–Trinajstić information content (AvgIpc) is 3.85. The smallest absolute Gasteiger partial charge is 0.407 e. The number of oxazole rings is 1. The largest absolute Gasteiger partial charge is 0.444 e. The molecule has 3 aromatic carbocycles. The molecule has 2 aliphatic heterocycles. The van der Waals surface area contributed by atoms with Crippen molar-refractivity contribution in [1.29, 1.82) is 0 Å². The van der Waals surface area contributed by atoms with Crippen LogP contribution in [0.3, 0.4) is 0 Å². The summed E-state index contributed by atoms with van der Waals surface area (Å²) in [7, 11) is -4.04. The van der Waals surface area contributed by atoms with Crippen LogP contribution in [0.4, 0.5) is 4.79 Å². The van der Waals surface area contributed by atoms with Crippen LogP contribution >= 0.6 is 15.9 Å². The van der Waals surface area contributed by atoms with Crippen LogP contribution in [0.1, 0.15) is 25.8 Å². The number of hydrogen-bond acceptors (Lipinski definition) is 9. The molecule has 13 heteroatoms. The van der Waals surface area contributed by atoms with E-state index >= 15 is 0 Å². The van der Waals surface area contributed by atoms with Crippen LogP contribution in [0.2, 0.25) is 0 Å². The van der Waals surface area contributed by atoms with Gasteiger partial charge < -0.3 is 29.1 Å². The van der Waals surface area contributed by atoms with Crippen molar-refractivity contribution in [2.75, 3.05) is 26.3 Å². The van der Waals surface area contributed by atoms with Crippen molar-refractivity contribution in [3.8, 4) is 22.7 Å². The fraction of sp³-hybridized carbons (Fsp3) is 0.389. The van der Waals surface area contributed by atoms with Gasteiger partial charge in [-0.05, 0) is 60.7 Å². The van der Waals surface area contributed by atoms with Gasteiger partial charge in [-0.15, -0.1) is 0 Å². The van der Waals surface area contributed by atoms with E-state index in [9.17, 15) is 18.3 Å². The Morgan fingerprint density at radius 2 is 1.73 bits per heavy atom. The van der Waals surface area contributed by atoms with Crippen LogP contribution in [-0.2, 0) is 30.7 Å². The van der Waals surface area contributed by atoms with Crippen molar-refractivity contribution in [1.82, 2.24) is 14.6 Å². The lowest BCUT2D eigenvalue weighted by molar-refractivity contribution is -0.0907. The summed E-state index contributed by atoms with van der Waals surface area (Å²) in [5.41, 5.74) is 2.94. The highest BCUT2D eigenvalue weighted by atomic mass is 79.9. The molecule has 0 unspecified atom stereocenters. The summed E-state index contributed by atoms with van der Waals surface area (Å²) in [4.78, 5) is 17.8. The summed E-state index contributed by atoms with van der Waals surface area (Å²) in [5.74, 6) is 0.370. The van der Waals surface area contributed by atoms with Gasteiger partial charge in [0.1, 0.15) is 18.1 Å². The number of nitrogens with one attached hydrogen (secondary N) is 1. The molecule has 0 aliphatic carbocycles. The van der Waals surface area contributed by atoms with E-state index in [1.165, 1.54) is 22.7 Å². The molecule has 0 saturated carbocycles. The highest BCUT2D eigenvalue weighted by Crippen LogP contribution is 2.33. The van der Waals surface area contributed by atoms with Gasteiger partial charge in [0.05, 0.1) is 36.2 Å². The number of aromatic nitrogens is 1. The maximum Gasteiger partial charge on any atom is 0.407 e. The van der Waals surface area contributed by atoms with E-state index in [-0.39, 0.29) is 49.1 Å². The number of aliphatic hydroxyl groups is 1. The lowest BCUT2D eigenvalue weighted by Gasteiger charge is -2.31. The molecule has 0 radical (unpaired) electrons. The molecule has 6 rings (SSSR count). The summed E-state index contributed by atoms with van der Waals surface area (Å²) in [5, 5.41) is 14.4. The fourth-order valence-electron chi connectivity index (χ4n) is 6.11. The van der Waals surface area contributed by atoms with Gasteiger partial charge in [0.2, 0.25) is 15.9 Å². The molecule has 1 amide bonds. The Hall–Kier alpha value is -3.59. The normalized spacial score (nSPS) is 20.3. The van der Waals surface area contributed by atoms with Crippen molar-refractivity contribution in [2.24, 2.45) is 11.8 Å². The number of ether oxygens (including phenoxy) is 3. The number of benzene rings is 3. The highest BCUT2D eigenvalue weighted by molar-refractivity contribution is 9.10. The van der Waals surface area contributed by atoms with E-state index in [0.29, 0.717) is 23.8 Å². The van der Waals surface area contributed by atoms with E-state index in [0.717, 1.165) is 22.0 Å². The minimum Gasteiger partial charge on any atom is -0.444 e. The van der Waals surface area contributed by atoms with Gasteiger partial charge in [-0.1, -0.05) is 72.2 Å². The number of hydrogen-bond donors (Lipinski definition) is 2. The third-order valence-corrected chi connectivity index (χ3v) is 11.0. The average molecular weight is 755 g/mol. The van der Waals surface area contributed by atoms with Crippen LogP contribution in [0.5, 0.6) is 0 Å². The Kier molecular flexibility index (Phi) is 11.2. The standard InChI is InChI=1S/C36H40BrN3O8S/c1-23(2)19-40(49(43,44)28-14-10-25(11-15-28)31-21-46-34(38-31)26-8-12-27(37)13-9-26)20-32(41)30(18-24-6-4-3-5-7-24)39-36(42)48-33-22-47-35-29(33)16-17-45-35/h3-15,21,23,29-30,32-33,35,41H,16-20,22H2,1-2H3,(H,39,42)/t29-,30-,32+,33-,35+/m0/s1. The second-order valence-corrected chi connectivity index (χ2v) is 15.6. The SMILES string of the molecule is CC(C)CN(C[C@@H](O)[C@H](Cc1ccccc1)NC(=O)O[C@H]1CO[C@H]2OCC[C@H]21)S(=O)(=O)c1ccc(-c2coc(-c3ccc(Br)cc3)n2)cc1.